The Morgan fingerprint density at radius 3 is 2.60 bits per heavy atom. The Bertz CT molecular complexity index is 884. The van der Waals surface area contributed by atoms with Crippen LogP contribution in [0.25, 0.3) is 11.4 Å². The number of carbonyl (C=O) groups is 1. The first-order valence-corrected chi connectivity index (χ1v) is 7.84. The van der Waals surface area contributed by atoms with Crippen molar-refractivity contribution in [3.63, 3.8) is 0 Å². The van der Waals surface area contributed by atoms with Crippen LogP contribution in [0.15, 0.2) is 42.5 Å². The van der Waals surface area contributed by atoms with Gasteiger partial charge >= 0.3 is 0 Å². The average Bonchev–Trinajstić information content (AvgIpc) is 3.01. The van der Waals surface area contributed by atoms with Gasteiger partial charge in [0, 0.05) is 5.69 Å². The zero-order valence-corrected chi connectivity index (χ0v) is 14.4. The van der Waals surface area contributed by atoms with Gasteiger partial charge in [0.1, 0.15) is 12.3 Å². The summed E-state index contributed by atoms with van der Waals surface area (Å²) >= 11 is 0. The highest BCUT2D eigenvalue weighted by Gasteiger charge is 2.13. The van der Waals surface area contributed by atoms with E-state index in [9.17, 15) is 4.79 Å². The molecule has 3 rings (SSSR count). The number of hydrogen-bond acceptors (Lipinski definition) is 5. The minimum atomic E-state index is -0.214. The lowest BCUT2D eigenvalue weighted by Crippen LogP contribution is -2.20. The first-order chi connectivity index (χ1) is 12.0. The maximum Gasteiger partial charge on any atom is 0.248 e. The van der Waals surface area contributed by atoms with Gasteiger partial charge in [-0.25, -0.2) is 0 Å². The van der Waals surface area contributed by atoms with Gasteiger partial charge in [-0.15, -0.1) is 10.2 Å². The molecule has 0 unspecified atom stereocenters. The highest BCUT2D eigenvalue weighted by molar-refractivity contribution is 5.90. The number of para-hydroxylation sites is 1. The maximum atomic E-state index is 12.2. The number of aromatic nitrogens is 4. The monoisotopic (exact) mass is 337 g/mol. The smallest absolute Gasteiger partial charge is 0.248 e. The Hall–Kier alpha value is -3.22. The fourth-order valence-electron chi connectivity index (χ4n) is 2.62. The predicted octanol–water partition coefficient (Wildman–Crippen LogP) is 2.60. The van der Waals surface area contributed by atoms with E-state index in [1.54, 1.807) is 7.11 Å². The number of anilines is 1. The number of tetrazole rings is 1. The molecule has 1 N–H and O–H groups in total. The first-order valence-electron chi connectivity index (χ1n) is 7.84. The molecule has 1 heterocycles. The maximum absolute atomic E-state index is 12.2. The molecule has 0 aliphatic heterocycles. The third kappa shape index (κ3) is 4.00. The van der Waals surface area contributed by atoms with E-state index >= 15 is 0 Å². The van der Waals surface area contributed by atoms with Gasteiger partial charge in [-0.2, -0.15) is 4.80 Å². The van der Waals surface area contributed by atoms with Crippen LogP contribution in [0.2, 0.25) is 0 Å². The molecule has 0 radical (unpaired) electrons. The second-order valence-corrected chi connectivity index (χ2v) is 5.77. The largest absolute Gasteiger partial charge is 0.496 e. The molecule has 0 atom stereocenters. The van der Waals surface area contributed by atoms with Crippen molar-refractivity contribution in [2.75, 3.05) is 12.4 Å². The number of benzene rings is 2. The van der Waals surface area contributed by atoms with Gasteiger partial charge in [0.15, 0.2) is 0 Å². The van der Waals surface area contributed by atoms with Crippen LogP contribution < -0.4 is 10.1 Å². The van der Waals surface area contributed by atoms with Crippen molar-refractivity contribution in [1.29, 1.82) is 0 Å². The van der Waals surface area contributed by atoms with Gasteiger partial charge in [-0.1, -0.05) is 18.2 Å². The lowest BCUT2D eigenvalue weighted by molar-refractivity contribution is -0.117. The summed E-state index contributed by atoms with van der Waals surface area (Å²) in [6.07, 6.45) is 0. The first kappa shape index (κ1) is 16.6. The fraction of sp³-hybridized carbons (Fsp3) is 0.222. The Labute approximate surface area is 145 Å². The summed E-state index contributed by atoms with van der Waals surface area (Å²) in [6, 6.07) is 13.3. The highest BCUT2D eigenvalue weighted by atomic mass is 16.5. The number of nitrogens with one attached hydrogen (secondary N) is 1. The van der Waals surface area contributed by atoms with Crippen LogP contribution in [0.1, 0.15) is 11.1 Å². The molecule has 1 amide bonds. The van der Waals surface area contributed by atoms with E-state index in [0.29, 0.717) is 11.6 Å². The number of ether oxygens (including phenoxy) is 1. The lowest BCUT2D eigenvalue weighted by Gasteiger charge is -2.07. The average molecular weight is 337 g/mol. The number of rotatable bonds is 5. The molecule has 7 nitrogen and oxygen atoms in total. The van der Waals surface area contributed by atoms with Gasteiger partial charge in [0.2, 0.25) is 11.7 Å². The molecule has 7 heteroatoms. The fourth-order valence-corrected chi connectivity index (χ4v) is 2.62. The molecule has 0 aliphatic carbocycles. The molecule has 0 saturated heterocycles. The number of aryl methyl sites for hydroxylation is 2. The molecule has 0 bridgehead atoms. The highest BCUT2D eigenvalue weighted by Crippen LogP contribution is 2.25. The van der Waals surface area contributed by atoms with Crippen molar-refractivity contribution in [3.8, 4) is 17.1 Å². The van der Waals surface area contributed by atoms with E-state index in [-0.39, 0.29) is 12.5 Å². The second kappa shape index (κ2) is 7.12. The zero-order chi connectivity index (χ0) is 17.8. The van der Waals surface area contributed by atoms with Gasteiger partial charge in [0.05, 0.1) is 12.7 Å². The summed E-state index contributed by atoms with van der Waals surface area (Å²) in [5.74, 6) is 0.854. The molecule has 3 aromatic rings. The topological polar surface area (TPSA) is 81.9 Å². The molecular weight excluding hydrogens is 318 g/mol. The standard InChI is InChI=1S/C18H19N5O2/c1-12-8-13(2)10-14(9-12)19-17(24)11-23-21-18(20-22-23)15-6-4-5-7-16(15)25-3/h4-10H,11H2,1-3H3,(H,19,24). The quantitative estimate of drug-likeness (QED) is 0.774. The van der Waals surface area contributed by atoms with E-state index in [1.165, 1.54) is 4.80 Å². The third-order valence-corrected chi connectivity index (χ3v) is 3.59. The Balaban J connectivity index is 1.71. The summed E-state index contributed by atoms with van der Waals surface area (Å²) < 4.78 is 5.30. The molecule has 0 spiro atoms. The van der Waals surface area contributed by atoms with Crippen LogP contribution in [0.3, 0.4) is 0 Å². The molecule has 128 valence electrons. The number of hydrogen-bond donors (Lipinski definition) is 1. The summed E-state index contributed by atoms with van der Waals surface area (Å²) in [6.45, 7) is 3.96. The molecule has 0 saturated carbocycles. The zero-order valence-electron chi connectivity index (χ0n) is 14.4. The van der Waals surface area contributed by atoms with Crippen LogP contribution in [-0.4, -0.2) is 33.2 Å². The van der Waals surface area contributed by atoms with Crippen molar-refractivity contribution < 1.29 is 9.53 Å². The van der Waals surface area contributed by atoms with Crippen LogP contribution >= 0.6 is 0 Å². The molecule has 1 aromatic heterocycles. The normalized spacial score (nSPS) is 10.5. The number of nitrogens with zero attached hydrogens (tertiary/aromatic N) is 4. The van der Waals surface area contributed by atoms with Gasteiger partial charge < -0.3 is 10.1 Å². The van der Waals surface area contributed by atoms with Crippen LogP contribution in [0, 0.1) is 13.8 Å². The van der Waals surface area contributed by atoms with Crippen molar-refractivity contribution in [2.24, 2.45) is 0 Å². The lowest BCUT2D eigenvalue weighted by atomic mass is 10.1. The van der Waals surface area contributed by atoms with Crippen molar-refractivity contribution in [3.05, 3.63) is 53.6 Å². The summed E-state index contributed by atoms with van der Waals surface area (Å²) in [5, 5.41) is 15.1. The van der Waals surface area contributed by atoms with E-state index in [2.05, 4.69) is 20.7 Å². The van der Waals surface area contributed by atoms with E-state index in [4.69, 9.17) is 4.74 Å². The minimum Gasteiger partial charge on any atom is -0.496 e. The van der Waals surface area contributed by atoms with E-state index < -0.39 is 0 Å². The predicted molar refractivity (Wildman–Crippen MR) is 94.4 cm³/mol. The third-order valence-electron chi connectivity index (χ3n) is 3.59. The summed E-state index contributed by atoms with van der Waals surface area (Å²) in [4.78, 5) is 13.5. The van der Waals surface area contributed by atoms with Crippen LogP contribution in [0.5, 0.6) is 5.75 Å². The SMILES string of the molecule is COc1ccccc1-c1nnn(CC(=O)Nc2cc(C)cc(C)c2)n1. The van der Waals surface area contributed by atoms with Crippen molar-refractivity contribution in [1.82, 2.24) is 20.2 Å². The second-order valence-electron chi connectivity index (χ2n) is 5.77. The number of carbonyl (C=O) groups excluding carboxylic acids is 1. The van der Waals surface area contributed by atoms with E-state index in [0.717, 1.165) is 22.4 Å². The Morgan fingerprint density at radius 2 is 1.88 bits per heavy atom. The minimum absolute atomic E-state index is 0.0187. The summed E-state index contributed by atoms with van der Waals surface area (Å²) in [5.41, 5.74) is 3.67. The Kier molecular flexibility index (Phi) is 4.74. The Morgan fingerprint density at radius 1 is 1.16 bits per heavy atom. The van der Waals surface area contributed by atoms with Crippen LogP contribution in [0.4, 0.5) is 5.69 Å². The van der Waals surface area contributed by atoms with Gasteiger partial charge in [0.25, 0.3) is 0 Å². The van der Waals surface area contributed by atoms with Crippen molar-refractivity contribution in [2.45, 2.75) is 20.4 Å². The van der Waals surface area contributed by atoms with Gasteiger partial charge in [-0.3, -0.25) is 4.79 Å². The van der Waals surface area contributed by atoms with Crippen LogP contribution in [-0.2, 0) is 11.3 Å². The van der Waals surface area contributed by atoms with Crippen molar-refractivity contribution >= 4 is 11.6 Å². The molecule has 25 heavy (non-hydrogen) atoms. The molecule has 2 aromatic carbocycles. The molecule has 0 aliphatic rings. The van der Waals surface area contributed by atoms with E-state index in [1.807, 2.05) is 56.3 Å². The number of amides is 1. The molecule has 0 fully saturated rings. The number of methoxy groups -OCH3 is 1. The molecular formula is C18H19N5O2. The summed E-state index contributed by atoms with van der Waals surface area (Å²) in [7, 11) is 1.58. The van der Waals surface area contributed by atoms with Gasteiger partial charge in [-0.05, 0) is 54.5 Å².